The average molecular weight is 490 g/mol. The third-order valence-corrected chi connectivity index (χ3v) is 7.42. The highest BCUT2D eigenvalue weighted by molar-refractivity contribution is 7.99. The lowest BCUT2D eigenvalue weighted by atomic mass is 10.2. The van der Waals surface area contributed by atoms with Crippen molar-refractivity contribution < 1.29 is 12.8 Å². The zero-order chi connectivity index (χ0) is 22.0. The van der Waals surface area contributed by atoms with Gasteiger partial charge in [-0.15, -0.1) is 11.8 Å². The molecule has 0 fully saturated rings. The van der Waals surface area contributed by atoms with Gasteiger partial charge in [-0.05, 0) is 35.9 Å². The Balaban J connectivity index is 1.70. The summed E-state index contributed by atoms with van der Waals surface area (Å²) < 4.78 is 34.1. The van der Waals surface area contributed by atoms with Crippen LogP contribution in [0, 0.1) is 11.3 Å². The molecule has 0 spiro atoms. The van der Waals surface area contributed by atoms with Gasteiger partial charge in [0, 0.05) is 15.7 Å². The van der Waals surface area contributed by atoms with Crippen LogP contribution in [-0.4, -0.2) is 13.4 Å². The van der Waals surface area contributed by atoms with Crippen LogP contribution >= 0.6 is 35.0 Å². The second kappa shape index (κ2) is 8.81. The van der Waals surface area contributed by atoms with E-state index in [9.17, 15) is 13.7 Å². The maximum absolute atomic E-state index is 13.2. The van der Waals surface area contributed by atoms with Crippen LogP contribution < -0.4 is 4.72 Å². The zero-order valence-electron chi connectivity index (χ0n) is 15.7. The number of rotatable bonds is 6. The predicted molar refractivity (Wildman–Crippen MR) is 122 cm³/mol. The van der Waals surface area contributed by atoms with Crippen molar-refractivity contribution in [3.63, 3.8) is 0 Å². The third kappa shape index (κ3) is 4.81. The van der Waals surface area contributed by atoms with E-state index in [4.69, 9.17) is 27.6 Å². The minimum absolute atomic E-state index is 0.0513. The molecule has 1 aromatic heterocycles. The van der Waals surface area contributed by atoms with E-state index >= 15 is 0 Å². The molecule has 1 N–H and O–H groups in total. The second-order valence-electron chi connectivity index (χ2n) is 6.40. The second-order valence-corrected chi connectivity index (χ2v) is 9.91. The molecule has 0 aliphatic carbocycles. The number of hydrogen-bond acceptors (Lipinski definition) is 6. The first-order chi connectivity index (χ1) is 14.9. The van der Waals surface area contributed by atoms with Gasteiger partial charge < -0.3 is 4.42 Å². The fourth-order valence-electron chi connectivity index (χ4n) is 2.79. The summed E-state index contributed by atoms with van der Waals surface area (Å²) in [4.78, 5) is 4.44. The summed E-state index contributed by atoms with van der Waals surface area (Å²) in [5.41, 5.74) is 1.86. The molecule has 0 saturated heterocycles. The highest BCUT2D eigenvalue weighted by atomic mass is 35.5. The van der Waals surface area contributed by atoms with Gasteiger partial charge in [0.15, 0.2) is 5.58 Å². The van der Waals surface area contributed by atoms with Gasteiger partial charge in [0.2, 0.25) is 0 Å². The van der Waals surface area contributed by atoms with Crippen molar-refractivity contribution in [1.82, 2.24) is 4.98 Å². The number of aromatic nitrogens is 1. The monoisotopic (exact) mass is 489 g/mol. The average Bonchev–Trinajstić information content (AvgIpc) is 3.13. The summed E-state index contributed by atoms with van der Waals surface area (Å²) in [5, 5.41) is 9.94. The number of thioether (sulfide) groups is 1. The lowest BCUT2D eigenvalue weighted by molar-refractivity contribution is 0.589. The quantitative estimate of drug-likeness (QED) is 0.328. The molecular formula is C21H13Cl2N3O3S2. The number of sulfonamides is 1. The summed E-state index contributed by atoms with van der Waals surface area (Å²) in [7, 11) is -4.13. The number of nitrogens with zero attached hydrogens (tertiary/aromatic N) is 2. The Kier molecular flexibility index (Phi) is 6.12. The highest BCUT2D eigenvalue weighted by Crippen LogP contribution is 2.35. The molecule has 4 rings (SSSR count). The third-order valence-electron chi connectivity index (χ3n) is 4.25. The summed E-state index contributed by atoms with van der Waals surface area (Å²) in [6.45, 7) is 0. The van der Waals surface area contributed by atoms with E-state index in [1.165, 1.54) is 23.9 Å². The molecule has 10 heteroatoms. The number of nitriles is 1. The van der Waals surface area contributed by atoms with Crippen molar-refractivity contribution in [2.75, 3.05) is 4.72 Å². The Morgan fingerprint density at radius 2 is 1.87 bits per heavy atom. The Morgan fingerprint density at radius 3 is 2.61 bits per heavy atom. The maximum Gasteiger partial charge on any atom is 0.309 e. The smallest absolute Gasteiger partial charge is 0.309 e. The molecule has 0 saturated carbocycles. The Morgan fingerprint density at radius 1 is 1.10 bits per heavy atom. The standard InChI is InChI=1S/C21H13Cl2N3O3S2/c22-15-6-7-18-17(9-15)25-21(29-18)26-31(27,28)20-8-14(11-24)16(23)10-19(20)30-12-13-4-2-1-3-5-13/h1-10H,12H2,(H,25,26). The summed E-state index contributed by atoms with van der Waals surface area (Å²) in [6, 6.07) is 18.8. The van der Waals surface area contributed by atoms with Crippen LogP contribution in [0.3, 0.4) is 0 Å². The summed E-state index contributed by atoms with van der Waals surface area (Å²) in [6.07, 6.45) is 0. The van der Waals surface area contributed by atoms with E-state index in [1.807, 2.05) is 36.4 Å². The topological polar surface area (TPSA) is 96.0 Å². The number of anilines is 1. The fraction of sp³-hybridized carbons (Fsp3) is 0.0476. The van der Waals surface area contributed by atoms with E-state index < -0.39 is 10.0 Å². The van der Waals surface area contributed by atoms with Gasteiger partial charge in [0.1, 0.15) is 16.5 Å². The van der Waals surface area contributed by atoms with Crippen LogP contribution in [0.25, 0.3) is 11.1 Å². The fourth-order valence-corrected chi connectivity index (χ4v) is 5.68. The number of oxazole rings is 1. The molecule has 0 amide bonds. The molecule has 0 radical (unpaired) electrons. The normalized spacial score (nSPS) is 11.4. The molecule has 0 unspecified atom stereocenters. The van der Waals surface area contributed by atoms with Gasteiger partial charge in [-0.2, -0.15) is 10.2 Å². The molecule has 0 aliphatic heterocycles. The van der Waals surface area contributed by atoms with Crippen LogP contribution in [0.1, 0.15) is 11.1 Å². The van der Waals surface area contributed by atoms with Crippen molar-refractivity contribution in [1.29, 1.82) is 5.26 Å². The summed E-state index contributed by atoms with van der Waals surface area (Å²) in [5.74, 6) is 0.521. The first-order valence-corrected chi connectivity index (χ1v) is 12.1. The van der Waals surface area contributed by atoms with E-state index in [0.717, 1.165) is 5.56 Å². The van der Waals surface area contributed by atoms with Crippen LogP contribution in [0.2, 0.25) is 10.0 Å². The number of nitrogens with one attached hydrogen (secondary N) is 1. The van der Waals surface area contributed by atoms with Gasteiger partial charge in [-0.25, -0.2) is 13.1 Å². The maximum atomic E-state index is 13.2. The van der Waals surface area contributed by atoms with Crippen LogP contribution in [0.15, 0.2) is 74.9 Å². The van der Waals surface area contributed by atoms with E-state index in [2.05, 4.69) is 9.71 Å². The van der Waals surface area contributed by atoms with Crippen molar-refractivity contribution in [3.8, 4) is 6.07 Å². The Bertz CT molecular complexity index is 1420. The lowest BCUT2D eigenvalue weighted by Gasteiger charge is -2.12. The molecule has 31 heavy (non-hydrogen) atoms. The van der Waals surface area contributed by atoms with Crippen LogP contribution in [0.4, 0.5) is 6.01 Å². The first kappa shape index (κ1) is 21.5. The first-order valence-electron chi connectivity index (χ1n) is 8.85. The zero-order valence-corrected chi connectivity index (χ0v) is 18.8. The minimum Gasteiger partial charge on any atom is -0.423 e. The molecule has 156 valence electrons. The molecule has 6 nitrogen and oxygen atoms in total. The Hall–Kier alpha value is -2.70. The molecule has 0 bridgehead atoms. The van der Waals surface area contributed by atoms with E-state index in [0.29, 0.717) is 26.8 Å². The van der Waals surface area contributed by atoms with Crippen LogP contribution in [0.5, 0.6) is 0 Å². The van der Waals surface area contributed by atoms with Gasteiger partial charge in [0.25, 0.3) is 10.0 Å². The molecule has 4 aromatic rings. The highest BCUT2D eigenvalue weighted by Gasteiger charge is 2.24. The van der Waals surface area contributed by atoms with E-state index in [-0.39, 0.29) is 21.5 Å². The Labute approximate surface area is 192 Å². The molecule has 3 aromatic carbocycles. The van der Waals surface area contributed by atoms with Gasteiger partial charge >= 0.3 is 6.01 Å². The SMILES string of the molecule is N#Cc1cc(S(=O)(=O)Nc2nc3cc(Cl)ccc3o2)c(SCc2ccccc2)cc1Cl. The van der Waals surface area contributed by atoms with Gasteiger partial charge in [0.05, 0.1) is 10.6 Å². The molecule has 0 atom stereocenters. The van der Waals surface area contributed by atoms with Crippen molar-refractivity contribution in [2.24, 2.45) is 0 Å². The molecular weight excluding hydrogens is 477 g/mol. The predicted octanol–water partition coefficient (Wildman–Crippen LogP) is 6.10. The van der Waals surface area contributed by atoms with Gasteiger partial charge in [-0.1, -0.05) is 53.5 Å². The van der Waals surface area contributed by atoms with E-state index in [1.54, 1.807) is 18.2 Å². The largest absolute Gasteiger partial charge is 0.423 e. The molecule has 1 heterocycles. The van der Waals surface area contributed by atoms with Crippen molar-refractivity contribution >= 4 is 62.1 Å². The minimum atomic E-state index is -4.13. The van der Waals surface area contributed by atoms with Crippen LogP contribution in [-0.2, 0) is 15.8 Å². The number of benzene rings is 3. The molecule has 0 aliphatic rings. The number of hydrogen-bond donors (Lipinski definition) is 1. The van der Waals surface area contributed by atoms with Crippen molar-refractivity contribution in [3.05, 3.63) is 81.8 Å². The lowest BCUT2D eigenvalue weighted by Crippen LogP contribution is -2.14. The van der Waals surface area contributed by atoms with Gasteiger partial charge in [-0.3, -0.25) is 0 Å². The number of halogens is 2. The van der Waals surface area contributed by atoms with Crippen molar-refractivity contribution in [2.45, 2.75) is 15.5 Å². The number of fused-ring (bicyclic) bond motifs is 1. The summed E-state index contributed by atoms with van der Waals surface area (Å²) >= 11 is 13.4.